The molecule has 0 atom stereocenters. The molecule has 7 nitrogen and oxygen atoms in total. The molecule has 2 aromatic carbocycles. The fourth-order valence-electron chi connectivity index (χ4n) is 2.24. The number of anilines is 1. The Kier molecular flexibility index (Phi) is 6.06. The van der Waals surface area contributed by atoms with E-state index in [0.29, 0.717) is 28.5 Å². The lowest BCUT2D eigenvalue weighted by Crippen LogP contribution is -2.13. The first-order valence-corrected chi connectivity index (χ1v) is 7.54. The molecular weight excluding hydrogens is 336 g/mol. The van der Waals surface area contributed by atoms with Gasteiger partial charge in [0.15, 0.2) is 11.5 Å². The molecule has 2 rings (SSSR count). The van der Waals surface area contributed by atoms with Crippen LogP contribution < -0.4 is 19.5 Å². The molecule has 7 heteroatoms. The molecule has 0 saturated carbocycles. The zero-order valence-corrected chi connectivity index (χ0v) is 14.6. The number of hydrogen-bond acceptors (Lipinski definition) is 6. The number of methoxy groups -OCH3 is 3. The maximum Gasteiger partial charge on any atom is 0.266 e. The molecule has 0 bridgehead atoms. The fourth-order valence-corrected chi connectivity index (χ4v) is 2.24. The molecule has 0 aromatic heterocycles. The highest BCUT2D eigenvalue weighted by Crippen LogP contribution is 2.38. The number of ether oxygens (including phenoxy) is 3. The summed E-state index contributed by atoms with van der Waals surface area (Å²) in [7, 11) is 4.45. The normalized spacial score (nSPS) is 10.6. The minimum absolute atomic E-state index is 0.0801. The Morgan fingerprint density at radius 3 is 2.12 bits per heavy atom. The Bertz CT molecular complexity index is 841. The van der Waals surface area contributed by atoms with Gasteiger partial charge in [-0.05, 0) is 48.0 Å². The number of carbonyl (C=O) groups excluding carboxylic acids is 1. The van der Waals surface area contributed by atoms with Crippen LogP contribution in [-0.2, 0) is 4.79 Å². The smallest absolute Gasteiger partial charge is 0.266 e. The standard InChI is InChI=1S/C19H18N2O5/c1-24-16-9-12(10-17(25-2)18(16)26-3)8-13(11-20)19(23)21-14-4-6-15(22)7-5-14/h4-10,22H,1-3H3,(H,21,23). The maximum absolute atomic E-state index is 12.3. The van der Waals surface area contributed by atoms with E-state index in [1.54, 1.807) is 12.1 Å². The average Bonchev–Trinajstić information content (AvgIpc) is 2.66. The number of nitrogens with zero attached hydrogens (tertiary/aromatic N) is 1. The van der Waals surface area contributed by atoms with Gasteiger partial charge in [0.25, 0.3) is 5.91 Å². The van der Waals surface area contributed by atoms with Gasteiger partial charge in [-0.25, -0.2) is 0 Å². The van der Waals surface area contributed by atoms with E-state index < -0.39 is 5.91 Å². The summed E-state index contributed by atoms with van der Waals surface area (Å²) in [6.45, 7) is 0. The summed E-state index contributed by atoms with van der Waals surface area (Å²) in [6.07, 6.45) is 1.42. The Hall–Kier alpha value is -3.66. The van der Waals surface area contributed by atoms with Crippen molar-refractivity contribution in [1.82, 2.24) is 0 Å². The van der Waals surface area contributed by atoms with Crippen molar-refractivity contribution in [3.05, 3.63) is 47.5 Å². The molecule has 0 fully saturated rings. The third-order valence-corrected chi connectivity index (χ3v) is 3.49. The lowest BCUT2D eigenvalue weighted by atomic mass is 10.1. The van der Waals surface area contributed by atoms with Gasteiger partial charge < -0.3 is 24.6 Å². The van der Waals surface area contributed by atoms with E-state index >= 15 is 0 Å². The van der Waals surface area contributed by atoms with Crippen LogP contribution in [0.2, 0.25) is 0 Å². The minimum atomic E-state index is -0.577. The highest BCUT2D eigenvalue weighted by molar-refractivity contribution is 6.09. The van der Waals surface area contributed by atoms with E-state index in [4.69, 9.17) is 14.2 Å². The molecule has 0 heterocycles. The van der Waals surface area contributed by atoms with Crippen LogP contribution in [0.15, 0.2) is 42.0 Å². The zero-order valence-electron chi connectivity index (χ0n) is 14.6. The van der Waals surface area contributed by atoms with E-state index in [0.717, 1.165) is 0 Å². The summed E-state index contributed by atoms with van der Waals surface area (Å²) in [5, 5.41) is 21.2. The Morgan fingerprint density at radius 2 is 1.65 bits per heavy atom. The lowest BCUT2D eigenvalue weighted by molar-refractivity contribution is -0.112. The number of phenolic OH excluding ortho intramolecular Hbond substituents is 1. The zero-order chi connectivity index (χ0) is 19.1. The molecule has 134 valence electrons. The lowest BCUT2D eigenvalue weighted by Gasteiger charge is -2.13. The number of rotatable bonds is 6. The van der Waals surface area contributed by atoms with Crippen molar-refractivity contribution in [1.29, 1.82) is 5.26 Å². The van der Waals surface area contributed by atoms with E-state index in [1.807, 2.05) is 6.07 Å². The van der Waals surface area contributed by atoms with E-state index in [2.05, 4.69) is 5.32 Å². The summed E-state index contributed by atoms with van der Waals surface area (Å²) >= 11 is 0. The van der Waals surface area contributed by atoms with E-state index in [-0.39, 0.29) is 11.3 Å². The number of nitrogens with one attached hydrogen (secondary N) is 1. The maximum atomic E-state index is 12.3. The fraction of sp³-hybridized carbons (Fsp3) is 0.158. The molecule has 1 amide bonds. The molecule has 0 aliphatic rings. The number of amides is 1. The number of aromatic hydroxyl groups is 1. The number of phenols is 1. The summed E-state index contributed by atoms with van der Waals surface area (Å²) in [6, 6.07) is 11.1. The monoisotopic (exact) mass is 354 g/mol. The van der Waals surface area contributed by atoms with Crippen LogP contribution in [0, 0.1) is 11.3 Å². The van der Waals surface area contributed by atoms with Crippen molar-refractivity contribution in [3.63, 3.8) is 0 Å². The first-order valence-electron chi connectivity index (χ1n) is 7.54. The molecule has 0 radical (unpaired) electrons. The molecule has 26 heavy (non-hydrogen) atoms. The Balaban J connectivity index is 2.34. The van der Waals surface area contributed by atoms with Crippen LogP contribution in [0.1, 0.15) is 5.56 Å². The molecular formula is C19H18N2O5. The SMILES string of the molecule is COc1cc(C=C(C#N)C(=O)Nc2ccc(O)cc2)cc(OC)c1OC. The predicted molar refractivity (Wildman–Crippen MR) is 96.4 cm³/mol. The highest BCUT2D eigenvalue weighted by Gasteiger charge is 2.15. The summed E-state index contributed by atoms with van der Waals surface area (Å²) in [5.41, 5.74) is 0.892. The van der Waals surface area contributed by atoms with Crippen LogP contribution in [0.5, 0.6) is 23.0 Å². The molecule has 0 aliphatic heterocycles. The van der Waals surface area contributed by atoms with Crippen molar-refractivity contribution in [3.8, 4) is 29.1 Å². The van der Waals surface area contributed by atoms with Gasteiger partial charge in [0, 0.05) is 5.69 Å². The van der Waals surface area contributed by atoms with Gasteiger partial charge in [-0.2, -0.15) is 5.26 Å². The Labute approximate surface area is 151 Å². The van der Waals surface area contributed by atoms with Crippen LogP contribution in [0.25, 0.3) is 6.08 Å². The third-order valence-electron chi connectivity index (χ3n) is 3.49. The number of nitriles is 1. The van der Waals surface area contributed by atoms with Crippen molar-refractivity contribution in [2.75, 3.05) is 26.6 Å². The predicted octanol–water partition coefficient (Wildman–Crippen LogP) is 2.96. The van der Waals surface area contributed by atoms with Gasteiger partial charge in [-0.15, -0.1) is 0 Å². The van der Waals surface area contributed by atoms with Crippen molar-refractivity contribution in [2.24, 2.45) is 0 Å². The van der Waals surface area contributed by atoms with Gasteiger partial charge in [0.2, 0.25) is 5.75 Å². The van der Waals surface area contributed by atoms with Crippen molar-refractivity contribution in [2.45, 2.75) is 0 Å². The first-order chi connectivity index (χ1) is 12.5. The number of carbonyl (C=O) groups is 1. The quantitative estimate of drug-likeness (QED) is 0.470. The van der Waals surface area contributed by atoms with E-state index in [1.165, 1.54) is 51.7 Å². The summed E-state index contributed by atoms with van der Waals surface area (Å²) in [5.74, 6) is 0.742. The second-order valence-corrected chi connectivity index (χ2v) is 5.13. The van der Waals surface area contributed by atoms with Gasteiger partial charge in [0.05, 0.1) is 21.3 Å². The second kappa shape index (κ2) is 8.44. The van der Waals surface area contributed by atoms with Gasteiger partial charge in [-0.1, -0.05) is 0 Å². The molecule has 0 spiro atoms. The van der Waals surface area contributed by atoms with Crippen LogP contribution >= 0.6 is 0 Å². The molecule has 2 N–H and O–H groups in total. The molecule has 0 unspecified atom stereocenters. The van der Waals surface area contributed by atoms with Gasteiger partial charge >= 0.3 is 0 Å². The average molecular weight is 354 g/mol. The van der Waals surface area contributed by atoms with Crippen LogP contribution in [0.4, 0.5) is 5.69 Å². The van der Waals surface area contributed by atoms with Crippen molar-refractivity contribution >= 4 is 17.7 Å². The summed E-state index contributed by atoms with van der Waals surface area (Å²) in [4.78, 5) is 12.3. The first kappa shape index (κ1) is 18.7. The number of benzene rings is 2. The largest absolute Gasteiger partial charge is 0.508 e. The minimum Gasteiger partial charge on any atom is -0.508 e. The highest BCUT2D eigenvalue weighted by atomic mass is 16.5. The molecule has 0 aliphatic carbocycles. The second-order valence-electron chi connectivity index (χ2n) is 5.13. The molecule has 2 aromatic rings. The topological polar surface area (TPSA) is 101 Å². The van der Waals surface area contributed by atoms with Gasteiger partial charge in [0.1, 0.15) is 17.4 Å². The Morgan fingerprint density at radius 1 is 1.08 bits per heavy atom. The third kappa shape index (κ3) is 4.24. The molecule has 0 saturated heterocycles. The summed E-state index contributed by atoms with van der Waals surface area (Å²) < 4.78 is 15.8. The van der Waals surface area contributed by atoms with Crippen molar-refractivity contribution < 1.29 is 24.1 Å². The van der Waals surface area contributed by atoms with E-state index in [9.17, 15) is 15.2 Å². The van der Waals surface area contributed by atoms with Crippen LogP contribution in [-0.4, -0.2) is 32.3 Å². The number of hydrogen-bond donors (Lipinski definition) is 2. The van der Waals surface area contributed by atoms with Crippen LogP contribution in [0.3, 0.4) is 0 Å². The van der Waals surface area contributed by atoms with Gasteiger partial charge in [-0.3, -0.25) is 4.79 Å².